The predicted molar refractivity (Wildman–Crippen MR) is 61.1 cm³/mol. The van der Waals surface area contributed by atoms with Crippen LogP contribution in [0.25, 0.3) is 11.1 Å². The van der Waals surface area contributed by atoms with Crippen LogP contribution < -0.4 is 5.73 Å². The topological polar surface area (TPSA) is 26.0 Å². The van der Waals surface area contributed by atoms with Crippen molar-refractivity contribution in [2.45, 2.75) is 6.67 Å². The van der Waals surface area contributed by atoms with Crippen LogP contribution in [0.1, 0.15) is 5.56 Å². The fourth-order valence-corrected chi connectivity index (χ4v) is 1.53. The van der Waals surface area contributed by atoms with Crippen LogP contribution in [0, 0.1) is 0 Å². The summed E-state index contributed by atoms with van der Waals surface area (Å²) in [5, 5.41) is 0. The average molecular weight is 201 g/mol. The lowest BCUT2D eigenvalue weighted by molar-refractivity contribution is 0.486. The lowest BCUT2D eigenvalue weighted by atomic mass is 10.0. The lowest BCUT2D eigenvalue weighted by Crippen LogP contribution is -1.92. The number of hydrogen-bond donors (Lipinski definition) is 1. The first-order valence-electron chi connectivity index (χ1n) is 4.81. The van der Waals surface area contributed by atoms with E-state index in [1.807, 2.05) is 42.5 Å². The number of nitrogens with two attached hydrogens (primary N) is 1. The van der Waals surface area contributed by atoms with Gasteiger partial charge in [-0.25, -0.2) is 4.39 Å². The van der Waals surface area contributed by atoms with Crippen LogP contribution in [0.2, 0.25) is 0 Å². The van der Waals surface area contributed by atoms with Gasteiger partial charge in [0.05, 0.1) is 0 Å². The second kappa shape index (κ2) is 4.13. The van der Waals surface area contributed by atoms with E-state index in [1.54, 1.807) is 6.07 Å². The zero-order valence-electron chi connectivity index (χ0n) is 8.28. The predicted octanol–water partition coefficient (Wildman–Crippen LogP) is 3.41. The van der Waals surface area contributed by atoms with Crippen LogP contribution in [0.4, 0.5) is 10.1 Å². The fourth-order valence-electron chi connectivity index (χ4n) is 1.53. The molecule has 2 aromatic carbocycles. The van der Waals surface area contributed by atoms with Gasteiger partial charge in [-0.05, 0) is 17.2 Å². The third kappa shape index (κ3) is 1.99. The Morgan fingerprint density at radius 3 is 2.27 bits per heavy atom. The molecule has 0 fully saturated rings. The van der Waals surface area contributed by atoms with E-state index in [0.717, 1.165) is 11.1 Å². The van der Waals surface area contributed by atoms with Crippen molar-refractivity contribution in [2.24, 2.45) is 0 Å². The molecule has 2 heteroatoms. The molecule has 0 heterocycles. The zero-order chi connectivity index (χ0) is 10.7. The summed E-state index contributed by atoms with van der Waals surface area (Å²) < 4.78 is 12.4. The summed E-state index contributed by atoms with van der Waals surface area (Å²) in [6, 6.07) is 15.3. The fraction of sp³-hybridized carbons (Fsp3) is 0.0769. The monoisotopic (exact) mass is 201 g/mol. The Kier molecular flexibility index (Phi) is 2.68. The third-order valence-corrected chi connectivity index (χ3v) is 2.40. The first kappa shape index (κ1) is 9.71. The van der Waals surface area contributed by atoms with E-state index in [-0.39, 0.29) is 0 Å². The maximum Gasteiger partial charge on any atom is 0.116 e. The molecule has 15 heavy (non-hydrogen) atoms. The van der Waals surface area contributed by atoms with E-state index in [4.69, 9.17) is 5.73 Å². The smallest absolute Gasteiger partial charge is 0.116 e. The van der Waals surface area contributed by atoms with E-state index in [0.29, 0.717) is 11.3 Å². The highest BCUT2D eigenvalue weighted by Crippen LogP contribution is 2.24. The van der Waals surface area contributed by atoms with Gasteiger partial charge < -0.3 is 5.73 Å². The van der Waals surface area contributed by atoms with Gasteiger partial charge in [-0.3, -0.25) is 0 Å². The quantitative estimate of drug-likeness (QED) is 0.740. The highest BCUT2D eigenvalue weighted by Gasteiger charge is 2.01. The number of benzene rings is 2. The Morgan fingerprint density at radius 1 is 0.933 bits per heavy atom. The first-order chi connectivity index (χ1) is 7.31. The Bertz CT molecular complexity index is 451. The molecular formula is C13H12FN. The van der Waals surface area contributed by atoms with E-state index in [9.17, 15) is 4.39 Å². The van der Waals surface area contributed by atoms with Gasteiger partial charge in [-0.1, -0.05) is 42.5 Å². The molecule has 0 aliphatic heterocycles. The second-order valence-corrected chi connectivity index (χ2v) is 3.41. The summed E-state index contributed by atoms with van der Waals surface area (Å²) in [5.74, 6) is 0. The summed E-state index contributed by atoms with van der Waals surface area (Å²) in [7, 11) is 0. The number of hydrogen-bond acceptors (Lipinski definition) is 1. The maximum atomic E-state index is 12.4. The minimum absolute atomic E-state index is 0.513. The van der Waals surface area contributed by atoms with Gasteiger partial charge >= 0.3 is 0 Å². The van der Waals surface area contributed by atoms with Crippen molar-refractivity contribution >= 4 is 5.69 Å². The highest BCUT2D eigenvalue weighted by molar-refractivity contribution is 5.68. The van der Waals surface area contributed by atoms with Crippen molar-refractivity contribution in [2.75, 3.05) is 5.73 Å². The molecule has 0 aromatic heterocycles. The number of anilines is 1. The van der Waals surface area contributed by atoms with Crippen LogP contribution in [0.3, 0.4) is 0 Å². The second-order valence-electron chi connectivity index (χ2n) is 3.41. The molecule has 0 unspecified atom stereocenters. The maximum absolute atomic E-state index is 12.4. The van der Waals surface area contributed by atoms with Crippen molar-refractivity contribution in [3.8, 4) is 11.1 Å². The van der Waals surface area contributed by atoms with E-state index < -0.39 is 6.67 Å². The summed E-state index contributed by atoms with van der Waals surface area (Å²) in [4.78, 5) is 0. The van der Waals surface area contributed by atoms with Gasteiger partial charge in [-0.15, -0.1) is 0 Å². The highest BCUT2D eigenvalue weighted by atomic mass is 19.1. The molecular weight excluding hydrogens is 189 g/mol. The normalized spacial score (nSPS) is 10.2. The van der Waals surface area contributed by atoms with Gasteiger partial charge in [0.1, 0.15) is 6.67 Å². The molecule has 0 aliphatic rings. The summed E-state index contributed by atoms with van der Waals surface area (Å²) in [6.45, 7) is -0.513. The summed E-state index contributed by atoms with van der Waals surface area (Å²) in [5.41, 5.74) is 8.90. The Balaban J connectivity index is 2.43. The molecule has 0 amide bonds. The van der Waals surface area contributed by atoms with Crippen molar-refractivity contribution in [1.29, 1.82) is 0 Å². The largest absolute Gasteiger partial charge is 0.398 e. The molecule has 1 nitrogen and oxygen atoms in total. The van der Waals surface area contributed by atoms with Crippen molar-refractivity contribution < 1.29 is 4.39 Å². The van der Waals surface area contributed by atoms with Gasteiger partial charge in [-0.2, -0.15) is 0 Å². The van der Waals surface area contributed by atoms with E-state index in [2.05, 4.69) is 0 Å². The zero-order valence-corrected chi connectivity index (χ0v) is 8.28. The van der Waals surface area contributed by atoms with Gasteiger partial charge in [0, 0.05) is 11.3 Å². The molecule has 2 rings (SSSR count). The van der Waals surface area contributed by atoms with Crippen molar-refractivity contribution in [1.82, 2.24) is 0 Å². The van der Waals surface area contributed by atoms with Gasteiger partial charge in [0.2, 0.25) is 0 Å². The molecule has 0 bridgehead atoms. The standard InChI is InChI=1S/C13H12FN/c14-9-12-7-6-11(8-13(12)15)10-4-2-1-3-5-10/h1-8H,9,15H2. The lowest BCUT2D eigenvalue weighted by Gasteiger charge is -2.05. The number of nitrogen functional groups attached to an aromatic ring is 1. The average Bonchev–Trinajstić information content (AvgIpc) is 2.30. The molecule has 0 aliphatic carbocycles. The van der Waals surface area contributed by atoms with Gasteiger partial charge in [0.25, 0.3) is 0 Å². The van der Waals surface area contributed by atoms with Crippen LogP contribution in [0.15, 0.2) is 48.5 Å². The van der Waals surface area contributed by atoms with Crippen LogP contribution >= 0.6 is 0 Å². The molecule has 2 aromatic rings. The molecule has 0 saturated heterocycles. The van der Waals surface area contributed by atoms with Gasteiger partial charge in [0.15, 0.2) is 0 Å². The third-order valence-electron chi connectivity index (χ3n) is 2.40. The van der Waals surface area contributed by atoms with Crippen molar-refractivity contribution in [3.63, 3.8) is 0 Å². The molecule has 2 N–H and O–H groups in total. The van der Waals surface area contributed by atoms with Crippen LogP contribution in [0.5, 0.6) is 0 Å². The van der Waals surface area contributed by atoms with Crippen LogP contribution in [-0.4, -0.2) is 0 Å². The Morgan fingerprint density at radius 2 is 1.67 bits per heavy atom. The minimum Gasteiger partial charge on any atom is -0.398 e. The molecule has 0 saturated carbocycles. The molecule has 76 valence electrons. The SMILES string of the molecule is Nc1cc(-c2ccccc2)ccc1CF. The first-order valence-corrected chi connectivity index (χ1v) is 4.81. The van der Waals surface area contributed by atoms with E-state index >= 15 is 0 Å². The molecule has 0 atom stereocenters. The summed E-state index contributed by atoms with van der Waals surface area (Å²) in [6.07, 6.45) is 0. The van der Waals surface area contributed by atoms with Crippen molar-refractivity contribution in [3.05, 3.63) is 54.1 Å². The number of rotatable bonds is 2. The molecule has 0 spiro atoms. The summed E-state index contributed by atoms with van der Waals surface area (Å²) >= 11 is 0. The number of halogens is 1. The van der Waals surface area contributed by atoms with E-state index in [1.165, 1.54) is 0 Å². The Hall–Kier alpha value is -1.83. The number of alkyl halides is 1. The Labute approximate surface area is 88.4 Å². The minimum atomic E-state index is -0.513. The van der Waals surface area contributed by atoms with Crippen LogP contribution in [-0.2, 0) is 6.67 Å². The molecule has 0 radical (unpaired) electrons.